The van der Waals surface area contributed by atoms with Crippen molar-refractivity contribution in [2.75, 3.05) is 0 Å². The van der Waals surface area contributed by atoms with Gasteiger partial charge < -0.3 is 9.84 Å². The molecule has 1 N–H and O–H groups in total. The molecule has 108 valence electrons. The van der Waals surface area contributed by atoms with Crippen LogP contribution in [0.5, 0.6) is 0 Å². The zero-order chi connectivity index (χ0) is 13.5. The lowest BCUT2D eigenvalue weighted by atomic mass is 9.85. The predicted molar refractivity (Wildman–Crippen MR) is 74.4 cm³/mol. The zero-order valence-electron chi connectivity index (χ0n) is 11.8. The van der Waals surface area contributed by atoms with Crippen molar-refractivity contribution >= 4 is 5.91 Å². The van der Waals surface area contributed by atoms with Crippen LogP contribution < -0.4 is 5.32 Å². The first kappa shape index (κ1) is 12.4. The molecule has 3 aliphatic carbocycles. The van der Waals surface area contributed by atoms with Crippen molar-refractivity contribution in [3.8, 4) is 0 Å². The van der Waals surface area contributed by atoms with Gasteiger partial charge in [-0.05, 0) is 31.1 Å². The highest BCUT2D eigenvalue weighted by Gasteiger charge is 2.44. The summed E-state index contributed by atoms with van der Waals surface area (Å²) in [6.45, 7) is 0. The minimum atomic E-state index is -0.0519. The maximum atomic E-state index is 12.1. The SMILES string of the molecule is O=C(N[C@@H]1C[C@H]1C1CCCCC1)c1cc(C2CC2)on1. The standard InChI is InChI=1S/C16H22N2O2/c19-16(14-9-15(20-18-14)11-6-7-11)17-13-8-12(13)10-4-2-1-3-5-10/h9-13H,1-8H2,(H,17,19)/t12-,13+/m0/s1. The first-order valence-corrected chi connectivity index (χ1v) is 8.09. The predicted octanol–water partition coefficient (Wildman–Crippen LogP) is 3.25. The second-order valence-electron chi connectivity index (χ2n) is 6.77. The Morgan fingerprint density at radius 3 is 2.75 bits per heavy atom. The Bertz CT molecular complexity index is 500. The van der Waals surface area contributed by atoms with Crippen LogP contribution in [-0.4, -0.2) is 17.1 Å². The van der Waals surface area contributed by atoms with Crippen LogP contribution in [0.15, 0.2) is 10.6 Å². The van der Waals surface area contributed by atoms with E-state index in [1.165, 1.54) is 44.9 Å². The highest BCUT2D eigenvalue weighted by Crippen LogP contribution is 2.44. The highest BCUT2D eigenvalue weighted by molar-refractivity contribution is 5.92. The third-order valence-corrected chi connectivity index (χ3v) is 5.15. The largest absolute Gasteiger partial charge is 0.360 e. The molecule has 3 fully saturated rings. The van der Waals surface area contributed by atoms with E-state index in [0.717, 1.165) is 18.1 Å². The minimum Gasteiger partial charge on any atom is -0.360 e. The minimum absolute atomic E-state index is 0.0519. The number of hydrogen-bond acceptors (Lipinski definition) is 3. The highest BCUT2D eigenvalue weighted by atomic mass is 16.5. The van der Waals surface area contributed by atoms with Gasteiger partial charge in [-0.25, -0.2) is 0 Å². The molecule has 4 heteroatoms. The van der Waals surface area contributed by atoms with Gasteiger partial charge in [0.25, 0.3) is 5.91 Å². The average Bonchev–Trinajstić information content (AvgIpc) is 3.40. The molecule has 4 nitrogen and oxygen atoms in total. The summed E-state index contributed by atoms with van der Waals surface area (Å²) in [4.78, 5) is 12.1. The fraction of sp³-hybridized carbons (Fsp3) is 0.750. The normalized spacial score (nSPS) is 30.2. The first-order chi connectivity index (χ1) is 9.81. The van der Waals surface area contributed by atoms with E-state index in [2.05, 4.69) is 10.5 Å². The second kappa shape index (κ2) is 4.90. The summed E-state index contributed by atoms with van der Waals surface area (Å²) in [6, 6.07) is 2.21. The van der Waals surface area contributed by atoms with Crippen LogP contribution >= 0.6 is 0 Å². The topological polar surface area (TPSA) is 55.1 Å². The van der Waals surface area contributed by atoms with E-state index in [-0.39, 0.29) is 5.91 Å². The van der Waals surface area contributed by atoms with E-state index in [1.54, 1.807) is 0 Å². The molecule has 0 aromatic carbocycles. The van der Waals surface area contributed by atoms with Gasteiger partial charge in [-0.2, -0.15) is 0 Å². The molecule has 0 bridgehead atoms. The van der Waals surface area contributed by atoms with Gasteiger partial charge in [0.15, 0.2) is 5.69 Å². The number of amides is 1. The van der Waals surface area contributed by atoms with Crippen molar-refractivity contribution in [3.05, 3.63) is 17.5 Å². The third kappa shape index (κ3) is 2.48. The average molecular weight is 274 g/mol. The Morgan fingerprint density at radius 1 is 1.20 bits per heavy atom. The van der Waals surface area contributed by atoms with Crippen LogP contribution in [0.1, 0.15) is 73.5 Å². The van der Waals surface area contributed by atoms with Gasteiger partial charge in [-0.3, -0.25) is 4.79 Å². The fourth-order valence-corrected chi connectivity index (χ4v) is 3.66. The number of hydrogen-bond donors (Lipinski definition) is 1. The lowest BCUT2D eigenvalue weighted by Crippen LogP contribution is -2.28. The monoisotopic (exact) mass is 274 g/mol. The van der Waals surface area contributed by atoms with E-state index in [4.69, 9.17) is 4.52 Å². The van der Waals surface area contributed by atoms with E-state index >= 15 is 0 Å². The van der Waals surface area contributed by atoms with Crippen molar-refractivity contribution in [1.29, 1.82) is 0 Å². The molecule has 20 heavy (non-hydrogen) atoms. The molecule has 0 saturated heterocycles. The van der Waals surface area contributed by atoms with E-state index < -0.39 is 0 Å². The summed E-state index contributed by atoms with van der Waals surface area (Å²) in [5.41, 5.74) is 0.459. The quantitative estimate of drug-likeness (QED) is 0.917. The zero-order valence-corrected chi connectivity index (χ0v) is 11.8. The van der Waals surface area contributed by atoms with Gasteiger partial charge in [0.2, 0.25) is 0 Å². The molecule has 0 aliphatic heterocycles. The molecular weight excluding hydrogens is 252 g/mol. The smallest absolute Gasteiger partial charge is 0.273 e. The van der Waals surface area contributed by atoms with Gasteiger partial charge in [-0.15, -0.1) is 0 Å². The van der Waals surface area contributed by atoms with Crippen molar-refractivity contribution in [1.82, 2.24) is 10.5 Å². The van der Waals surface area contributed by atoms with Crippen LogP contribution in [0.4, 0.5) is 0 Å². The van der Waals surface area contributed by atoms with Gasteiger partial charge in [0, 0.05) is 18.0 Å². The maximum absolute atomic E-state index is 12.1. The molecule has 2 atom stereocenters. The van der Waals surface area contributed by atoms with Gasteiger partial charge in [0.05, 0.1) is 0 Å². The summed E-state index contributed by atoms with van der Waals surface area (Å²) >= 11 is 0. The lowest BCUT2D eigenvalue weighted by molar-refractivity contribution is 0.0937. The molecule has 0 unspecified atom stereocenters. The summed E-state index contributed by atoms with van der Waals surface area (Å²) < 4.78 is 5.24. The molecule has 1 amide bonds. The molecule has 3 saturated carbocycles. The summed E-state index contributed by atoms with van der Waals surface area (Å²) in [5.74, 6) is 2.90. The molecule has 1 heterocycles. The number of nitrogens with zero attached hydrogens (tertiary/aromatic N) is 1. The second-order valence-corrected chi connectivity index (χ2v) is 6.77. The molecule has 3 aliphatic rings. The Labute approximate surface area is 119 Å². The van der Waals surface area contributed by atoms with Crippen molar-refractivity contribution in [2.24, 2.45) is 11.8 Å². The van der Waals surface area contributed by atoms with Crippen molar-refractivity contribution < 1.29 is 9.32 Å². The van der Waals surface area contributed by atoms with Gasteiger partial charge >= 0.3 is 0 Å². The Hall–Kier alpha value is -1.32. The Morgan fingerprint density at radius 2 is 2.00 bits per heavy atom. The fourth-order valence-electron chi connectivity index (χ4n) is 3.66. The number of aromatic nitrogens is 1. The van der Waals surface area contributed by atoms with Crippen LogP contribution in [0.3, 0.4) is 0 Å². The van der Waals surface area contributed by atoms with E-state index in [9.17, 15) is 4.79 Å². The molecule has 0 spiro atoms. The maximum Gasteiger partial charge on any atom is 0.273 e. The molecular formula is C16H22N2O2. The molecule has 1 aromatic rings. The Kier molecular flexibility index (Phi) is 3.04. The van der Waals surface area contributed by atoms with Crippen LogP contribution in [0.2, 0.25) is 0 Å². The van der Waals surface area contributed by atoms with Crippen molar-refractivity contribution in [2.45, 2.75) is 63.3 Å². The summed E-state index contributed by atoms with van der Waals surface area (Å²) in [5, 5.41) is 7.04. The Balaban J connectivity index is 1.31. The first-order valence-electron chi connectivity index (χ1n) is 8.09. The van der Waals surface area contributed by atoms with E-state index in [1.807, 2.05) is 6.07 Å². The number of carbonyl (C=O) groups excluding carboxylic acids is 1. The number of rotatable bonds is 4. The van der Waals surface area contributed by atoms with Gasteiger partial charge in [0.1, 0.15) is 5.76 Å². The van der Waals surface area contributed by atoms with Crippen LogP contribution in [0.25, 0.3) is 0 Å². The van der Waals surface area contributed by atoms with Crippen LogP contribution in [0, 0.1) is 11.8 Å². The number of nitrogens with one attached hydrogen (secondary N) is 1. The lowest BCUT2D eigenvalue weighted by Gasteiger charge is -2.21. The van der Waals surface area contributed by atoms with E-state index in [0.29, 0.717) is 23.6 Å². The van der Waals surface area contributed by atoms with Crippen LogP contribution in [-0.2, 0) is 0 Å². The molecule has 0 radical (unpaired) electrons. The van der Waals surface area contributed by atoms with Gasteiger partial charge in [-0.1, -0.05) is 37.3 Å². The number of carbonyl (C=O) groups is 1. The molecule has 4 rings (SSSR count). The summed E-state index contributed by atoms with van der Waals surface area (Å²) in [7, 11) is 0. The summed E-state index contributed by atoms with van der Waals surface area (Å²) in [6.07, 6.45) is 10.3. The molecule has 1 aromatic heterocycles. The van der Waals surface area contributed by atoms with Crippen molar-refractivity contribution in [3.63, 3.8) is 0 Å². The third-order valence-electron chi connectivity index (χ3n) is 5.15.